The Morgan fingerprint density at radius 3 is 2.43 bits per heavy atom. The highest BCUT2D eigenvalue weighted by Crippen LogP contribution is 2.36. The molecule has 0 radical (unpaired) electrons. The van der Waals surface area contributed by atoms with Crippen LogP contribution in [0.2, 0.25) is 0 Å². The minimum Gasteiger partial charge on any atom is -0.497 e. The maximum atomic E-state index is 12.9. The van der Waals surface area contributed by atoms with E-state index in [-0.39, 0.29) is 5.69 Å². The predicted molar refractivity (Wildman–Crippen MR) is 108 cm³/mol. The standard InChI is InChI=1S/C22H21N3O3/c1-14-21-20(23-22(26)25(21)15-8-6-5-7-9-15)18(13-24(14)2)17-11-10-16(27-3)12-19(17)28-4/h5-13H,1-4H3/p+1. The van der Waals surface area contributed by atoms with Gasteiger partial charge in [-0.25, -0.2) is 9.36 Å². The summed E-state index contributed by atoms with van der Waals surface area (Å²) in [6.45, 7) is 2.00. The van der Waals surface area contributed by atoms with Gasteiger partial charge < -0.3 is 14.5 Å². The fourth-order valence-corrected chi connectivity index (χ4v) is 3.54. The van der Waals surface area contributed by atoms with Crippen LogP contribution in [0.25, 0.3) is 27.8 Å². The number of imidazole rings is 1. The van der Waals surface area contributed by atoms with Crippen LogP contribution in [0, 0.1) is 6.92 Å². The lowest BCUT2D eigenvalue weighted by molar-refractivity contribution is -0.675. The van der Waals surface area contributed by atoms with Crippen LogP contribution >= 0.6 is 0 Å². The molecule has 0 aliphatic heterocycles. The normalized spacial score (nSPS) is 11.0. The highest BCUT2D eigenvalue weighted by Gasteiger charge is 2.23. The zero-order chi connectivity index (χ0) is 19.8. The van der Waals surface area contributed by atoms with Gasteiger partial charge in [-0.15, -0.1) is 0 Å². The number of fused-ring (bicyclic) bond motifs is 1. The Hall–Kier alpha value is -3.54. The summed E-state index contributed by atoms with van der Waals surface area (Å²) in [4.78, 5) is 15.9. The molecule has 142 valence electrons. The number of ether oxygens (including phenoxy) is 2. The Bertz CT molecular complexity index is 1220. The summed E-state index contributed by atoms with van der Waals surface area (Å²) in [7, 11) is 5.22. The fourth-order valence-electron chi connectivity index (χ4n) is 3.54. The van der Waals surface area contributed by atoms with E-state index in [0.717, 1.165) is 33.5 Å². The quantitative estimate of drug-likeness (QED) is 0.557. The third-order valence-electron chi connectivity index (χ3n) is 5.07. The minimum atomic E-state index is -0.177. The van der Waals surface area contributed by atoms with Gasteiger partial charge in [0, 0.05) is 18.6 Å². The van der Waals surface area contributed by atoms with Crippen molar-refractivity contribution in [2.24, 2.45) is 7.05 Å². The average Bonchev–Trinajstić information content (AvgIpc) is 3.08. The summed E-state index contributed by atoms with van der Waals surface area (Å²) in [5.41, 5.74) is 5.00. The fraction of sp³-hybridized carbons (Fsp3) is 0.182. The summed E-state index contributed by atoms with van der Waals surface area (Å²) in [5.74, 6) is 1.39. The molecule has 2 heterocycles. The van der Waals surface area contributed by atoms with Gasteiger partial charge in [0.2, 0.25) is 5.69 Å². The summed E-state index contributed by atoms with van der Waals surface area (Å²) in [5, 5.41) is 0. The largest absolute Gasteiger partial charge is 0.497 e. The molecule has 4 aromatic rings. The van der Waals surface area contributed by atoms with E-state index in [1.807, 2.05) is 73.3 Å². The van der Waals surface area contributed by atoms with Gasteiger partial charge in [0.1, 0.15) is 24.1 Å². The zero-order valence-electron chi connectivity index (χ0n) is 16.3. The summed E-state index contributed by atoms with van der Waals surface area (Å²) in [6.07, 6.45) is 2.01. The highest BCUT2D eigenvalue weighted by atomic mass is 16.5. The van der Waals surface area contributed by atoms with Crippen molar-refractivity contribution in [2.75, 3.05) is 14.2 Å². The topological polar surface area (TPSA) is 60.1 Å². The van der Waals surface area contributed by atoms with Gasteiger partial charge in [-0.1, -0.05) is 18.2 Å². The Balaban J connectivity index is 2.08. The molecule has 6 heteroatoms. The van der Waals surface area contributed by atoms with Gasteiger partial charge in [-0.2, -0.15) is 0 Å². The molecule has 0 aliphatic carbocycles. The Morgan fingerprint density at radius 1 is 1.00 bits per heavy atom. The van der Waals surface area contributed by atoms with Gasteiger partial charge >= 0.3 is 5.69 Å². The zero-order valence-corrected chi connectivity index (χ0v) is 16.3. The molecular formula is C22H22N3O3+. The first-order valence-electron chi connectivity index (χ1n) is 8.97. The third kappa shape index (κ3) is 2.74. The molecule has 1 N–H and O–H groups in total. The molecule has 0 amide bonds. The van der Waals surface area contributed by atoms with E-state index in [0.29, 0.717) is 11.5 Å². The number of methoxy groups -OCH3 is 2. The molecule has 0 aliphatic rings. The number of rotatable bonds is 4. The van der Waals surface area contributed by atoms with Crippen LogP contribution in [0.1, 0.15) is 5.69 Å². The Kier molecular flexibility index (Phi) is 4.39. The molecule has 0 bridgehead atoms. The molecule has 0 fully saturated rings. The van der Waals surface area contributed by atoms with E-state index in [9.17, 15) is 4.79 Å². The predicted octanol–water partition coefficient (Wildman–Crippen LogP) is 3.14. The van der Waals surface area contributed by atoms with Crippen LogP contribution in [0.15, 0.2) is 59.5 Å². The number of aromatic nitrogens is 3. The van der Waals surface area contributed by atoms with E-state index >= 15 is 0 Å². The molecule has 0 saturated heterocycles. The number of aromatic amines is 1. The number of hydrogen-bond acceptors (Lipinski definition) is 3. The van der Waals surface area contributed by atoms with Gasteiger partial charge in [0.15, 0.2) is 6.20 Å². The minimum absolute atomic E-state index is 0.177. The van der Waals surface area contributed by atoms with E-state index in [4.69, 9.17) is 9.47 Å². The van der Waals surface area contributed by atoms with Crippen LogP contribution in [-0.4, -0.2) is 23.8 Å². The third-order valence-corrected chi connectivity index (χ3v) is 5.07. The lowest BCUT2D eigenvalue weighted by atomic mass is 10.0. The second kappa shape index (κ2) is 6.88. The lowest BCUT2D eigenvalue weighted by Gasteiger charge is -2.11. The van der Waals surface area contributed by atoms with Crippen molar-refractivity contribution in [2.45, 2.75) is 6.92 Å². The molecule has 2 aromatic carbocycles. The van der Waals surface area contributed by atoms with Gasteiger partial charge in [-0.05, 0) is 24.3 Å². The molecule has 28 heavy (non-hydrogen) atoms. The van der Waals surface area contributed by atoms with Crippen LogP contribution in [0.3, 0.4) is 0 Å². The summed E-state index contributed by atoms with van der Waals surface area (Å²) < 4.78 is 14.6. The van der Waals surface area contributed by atoms with Crippen LogP contribution in [0.5, 0.6) is 11.5 Å². The number of hydrogen-bond donors (Lipinski definition) is 1. The number of nitrogens with one attached hydrogen (secondary N) is 1. The molecule has 6 nitrogen and oxygen atoms in total. The smallest absolute Gasteiger partial charge is 0.331 e. The highest BCUT2D eigenvalue weighted by molar-refractivity contribution is 5.94. The number of para-hydroxylation sites is 1. The molecule has 0 spiro atoms. The number of nitrogens with zero attached hydrogens (tertiary/aromatic N) is 2. The van der Waals surface area contributed by atoms with Crippen molar-refractivity contribution < 1.29 is 14.0 Å². The second-order valence-electron chi connectivity index (χ2n) is 6.63. The molecule has 4 rings (SSSR count). The maximum absolute atomic E-state index is 12.9. The van der Waals surface area contributed by atoms with Crippen molar-refractivity contribution in [1.29, 1.82) is 0 Å². The maximum Gasteiger partial charge on any atom is 0.331 e. The second-order valence-corrected chi connectivity index (χ2v) is 6.63. The van der Waals surface area contributed by atoms with Crippen molar-refractivity contribution in [3.8, 4) is 28.3 Å². The summed E-state index contributed by atoms with van der Waals surface area (Å²) in [6, 6.07) is 15.3. The summed E-state index contributed by atoms with van der Waals surface area (Å²) >= 11 is 0. The Morgan fingerprint density at radius 2 is 1.75 bits per heavy atom. The van der Waals surface area contributed by atoms with E-state index in [2.05, 4.69) is 4.98 Å². The number of H-pyrrole nitrogens is 1. The molecule has 0 atom stereocenters. The first-order chi connectivity index (χ1) is 13.5. The first-order valence-corrected chi connectivity index (χ1v) is 8.97. The van der Waals surface area contributed by atoms with E-state index in [1.165, 1.54) is 0 Å². The molecular weight excluding hydrogens is 354 g/mol. The van der Waals surface area contributed by atoms with Crippen LogP contribution in [-0.2, 0) is 7.05 Å². The van der Waals surface area contributed by atoms with Crippen molar-refractivity contribution >= 4 is 11.0 Å². The van der Waals surface area contributed by atoms with Crippen LogP contribution in [0.4, 0.5) is 0 Å². The van der Waals surface area contributed by atoms with E-state index in [1.54, 1.807) is 18.8 Å². The van der Waals surface area contributed by atoms with Gasteiger partial charge in [0.25, 0.3) is 0 Å². The average molecular weight is 376 g/mol. The molecule has 0 saturated carbocycles. The van der Waals surface area contributed by atoms with Gasteiger partial charge in [-0.3, -0.25) is 4.57 Å². The molecule has 2 aromatic heterocycles. The van der Waals surface area contributed by atoms with Crippen LogP contribution < -0.4 is 19.7 Å². The van der Waals surface area contributed by atoms with Crippen molar-refractivity contribution in [3.63, 3.8) is 0 Å². The number of aryl methyl sites for hydroxylation is 2. The monoisotopic (exact) mass is 376 g/mol. The van der Waals surface area contributed by atoms with Gasteiger partial charge in [0.05, 0.1) is 31.0 Å². The Labute approximate surface area is 162 Å². The van der Waals surface area contributed by atoms with Crippen molar-refractivity contribution in [3.05, 3.63) is 70.9 Å². The van der Waals surface area contributed by atoms with E-state index < -0.39 is 0 Å². The van der Waals surface area contributed by atoms with Crippen molar-refractivity contribution in [1.82, 2.24) is 9.55 Å². The number of benzene rings is 2. The molecule has 0 unspecified atom stereocenters. The number of pyridine rings is 1. The SMILES string of the molecule is COc1ccc(-c2c[n+](C)c(C)c3c2[nH]c(=O)n3-c2ccccc2)c(OC)c1. The lowest BCUT2D eigenvalue weighted by Crippen LogP contribution is -2.32. The first kappa shape index (κ1) is 17.9.